The van der Waals surface area contributed by atoms with Gasteiger partial charge in [0.2, 0.25) is 6.79 Å². The number of phenolic OH excluding ortho intramolecular Hbond substituents is 1. The predicted molar refractivity (Wildman–Crippen MR) is 109 cm³/mol. The van der Waals surface area contributed by atoms with E-state index in [4.69, 9.17) is 14.2 Å². The molecule has 0 atom stereocenters. The summed E-state index contributed by atoms with van der Waals surface area (Å²) in [5, 5.41) is 12.1. The summed E-state index contributed by atoms with van der Waals surface area (Å²) in [6.45, 7) is 0.0455. The van der Waals surface area contributed by atoms with Crippen LogP contribution in [0.1, 0.15) is 5.56 Å². The molecule has 2 aromatic carbocycles. The number of aromatic hydroxyl groups is 1. The number of nitrogens with zero attached hydrogens (tertiary/aromatic N) is 1. The van der Waals surface area contributed by atoms with E-state index in [-0.39, 0.29) is 29.6 Å². The Bertz CT molecular complexity index is 1100. The van der Waals surface area contributed by atoms with E-state index in [1.807, 2.05) is 22.6 Å². The number of ether oxygens (including phenoxy) is 3. The van der Waals surface area contributed by atoms with Gasteiger partial charge in [-0.15, -0.1) is 0 Å². The number of urea groups is 1. The van der Waals surface area contributed by atoms with E-state index < -0.39 is 17.8 Å². The van der Waals surface area contributed by atoms with Crippen molar-refractivity contribution in [1.29, 1.82) is 0 Å². The molecular weight excluding hydrogens is 495 g/mol. The summed E-state index contributed by atoms with van der Waals surface area (Å²) >= 11 is 1.90. The molecule has 2 heterocycles. The van der Waals surface area contributed by atoms with E-state index in [0.717, 1.165) is 4.90 Å². The van der Waals surface area contributed by atoms with Gasteiger partial charge >= 0.3 is 6.03 Å². The van der Waals surface area contributed by atoms with Crippen LogP contribution in [0, 0.1) is 3.57 Å². The van der Waals surface area contributed by atoms with Crippen LogP contribution in [0.4, 0.5) is 10.5 Å². The van der Waals surface area contributed by atoms with Crippen molar-refractivity contribution >= 4 is 52.2 Å². The second kappa shape index (κ2) is 7.28. The first kappa shape index (κ1) is 19.1. The number of carbonyl (C=O) groups excluding carboxylic acids is 3. The van der Waals surface area contributed by atoms with Crippen molar-refractivity contribution in [3.8, 4) is 23.0 Å². The molecule has 0 radical (unpaired) electrons. The lowest BCUT2D eigenvalue weighted by molar-refractivity contribution is -0.122. The average Bonchev–Trinajstić information content (AvgIpc) is 3.15. The summed E-state index contributed by atoms with van der Waals surface area (Å²) < 4.78 is 16.1. The van der Waals surface area contributed by atoms with Crippen molar-refractivity contribution in [2.75, 3.05) is 18.8 Å². The first-order chi connectivity index (χ1) is 13.9. The number of phenols is 1. The second-order valence-corrected chi connectivity index (χ2v) is 7.21. The third kappa shape index (κ3) is 3.35. The van der Waals surface area contributed by atoms with Gasteiger partial charge in [0.25, 0.3) is 11.8 Å². The van der Waals surface area contributed by atoms with Crippen LogP contribution in [0.15, 0.2) is 35.9 Å². The molecule has 0 aliphatic carbocycles. The number of hydrogen-bond donors (Lipinski definition) is 2. The molecule has 2 aliphatic heterocycles. The predicted octanol–water partition coefficient (Wildman–Crippen LogP) is 2.40. The maximum atomic E-state index is 13.0. The Balaban J connectivity index is 1.74. The second-order valence-electron chi connectivity index (χ2n) is 6.05. The lowest BCUT2D eigenvalue weighted by atomic mass is 10.1. The van der Waals surface area contributed by atoms with Crippen molar-refractivity contribution in [2.24, 2.45) is 0 Å². The minimum atomic E-state index is -0.867. The van der Waals surface area contributed by atoms with Crippen molar-refractivity contribution in [3.05, 3.63) is 45.0 Å². The number of amides is 4. The summed E-state index contributed by atoms with van der Waals surface area (Å²) in [5.41, 5.74) is 0.432. The highest BCUT2D eigenvalue weighted by molar-refractivity contribution is 14.1. The normalized spacial score (nSPS) is 17.0. The summed E-state index contributed by atoms with van der Waals surface area (Å²) in [7, 11) is 1.39. The van der Waals surface area contributed by atoms with Crippen molar-refractivity contribution < 1.29 is 33.7 Å². The number of rotatable bonds is 3. The average molecular weight is 508 g/mol. The van der Waals surface area contributed by atoms with Crippen LogP contribution >= 0.6 is 22.6 Å². The lowest BCUT2D eigenvalue weighted by Gasteiger charge is -2.26. The maximum Gasteiger partial charge on any atom is 0.335 e. The molecule has 0 aromatic heterocycles. The highest BCUT2D eigenvalue weighted by Crippen LogP contribution is 2.37. The number of anilines is 1. The third-order valence-corrected chi connectivity index (χ3v) is 5.12. The molecule has 9 nitrogen and oxygen atoms in total. The number of barbiturate groups is 1. The fourth-order valence-corrected chi connectivity index (χ4v) is 3.54. The zero-order valence-corrected chi connectivity index (χ0v) is 17.1. The van der Waals surface area contributed by atoms with Crippen LogP contribution in [-0.2, 0) is 9.59 Å². The number of carbonyl (C=O) groups is 3. The molecule has 0 spiro atoms. The van der Waals surface area contributed by atoms with Gasteiger partial charge in [-0.05, 0) is 58.5 Å². The Morgan fingerprint density at radius 1 is 1.17 bits per heavy atom. The summed E-state index contributed by atoms with van der Waals surface area (Å²) in [4.78, 5) is 38.5. The minimum Gasteiger partial charge on any atom is -0.504 e. The van der Waals surface area contributed by atoms with Crippen molar-refractivity contribution in [3.63, 3.8) is 0 Å². The number of hydrogen-bond acceptors (Lipinski definition) is 7. The van der Waals surface area contributed by atoms with E-state index in [1.54, 1.807) is 12.1 Å². The molecule has 148 valence electrons. The SMILES string of the molecule is COc1cc(/C=C2\C(=O)NC(=O)N(c3ccc4c(c3)OCO4)C2=O)cc(I)c1O. The number of nitrogens with one attached hydrogen (secondary N) is 1. The maximum absolute atomic E-state index is 13.0. The lowest BCUT2D eigenvalue weighted by Crippen LogP contribution is -2.54. The van der Waals surface area contributed by atoms with Crippen LogP contribution < -0.4 is 24.4 Å². The van der Waals surface area contributed by atoms with Gasteiger partial charge in [-0.2, -0.15) is 0 Å². The number of methoxy groups -OCH3 is 1. The van der Waals surface area contributed by atoms with E-state index in [1.165, 1.54) is 31.4 Å². The molecule has 0 unspecified atom stereocenters. The van der Waals surface area contributed by atoms with Gasteiger partial charge in [0.1, 0.15) is 5.57 Å². The quantitative estimate of drug-likeness (QED) is 0.372. The molecule has 0 saturated carbocycles. The van der Waals surface area contributed by atoms with E-state index >= 15 is 0 Å². The number of benzene rings is 2. The van der Waals surface area contributed by atoms with Crippen LogP contribution in [0.25, 0.3) is 6.08 Å². The first-order valence-corrected chi connectivity index (χ1v) is 9.34. The molecule has 4 amide bonds. The fraction of sp³-hybridized carbons (Fsp3) is 0.105. The van der Waals surface area contributed by atoms with Gasteiger partial charge in [0.15, 0.2) is 23.0 Å². The molecule has 2 N–H and O–H groups in total. The van der Waals surface area contributed by atoms with E-state index in [2.05, 4.69) is 5.32 Å². The Morgan fingerprint density at radius 2 is 1.93 bits per heavy atom. The first-order valence-electron chi connectivity index (χ1n) is 8.26. The zero-order chi connectivity index (χ0) is 20.7. The number of halogens is 1. The fourth-order valence-electron chi connectivity index (χ4n) is 2.92. The third-order valence-electron chi connectivity index (χ3n) is 4.30. The largest absolute Gasteiger partial charge is 0.504 e. The molecule has 1 fully saturated rings. The van der Waals surface area contributed by atoms with Gasteiger partial charge in [0, 0.05) is 6.07 Å². The van der Waals surface area contributed by atoms with Crippen LogP contribution in [0.5, 0.6) is 23.0 Å². The molecule has 2 aliphatic rings. The van der Waals surface area contributed by atoms with Crippen LogP contribution in [0.2, 0.25) is 0 Å². The van der Waals surface area contributed by atoms with Gasteiger partial charge in [0.05, 0.1) is 16.4 Å². The number of fused-ring (bicyclic) bond motifs is 1. The zero-order valence-electron chi connectivity index (χ0n) is 14.9. The number of imide groups is 2. The summed E-state index contributed by atoms with van der Waals surface area (Å²) in [6, 6.07) is 6.77. The van der Waals surface area contributed by atoms with Gasteiger partial charge in [-0.3, -0.25) is 14.9 Å². The van der Waals surface area contributed by atoms with Crippen molar-refractivity contribution in [1.82, 2.24) is 5.32 Å². The molecule has 1 saturated heterocycles. The standard InChI is InChI=1S/C19H13IN2O7/c1-27-15-6-9(5-12(20)16(15)23)4-11-17(24)21-19(26)22(18(11)25)10-2-3-13-14(7-10)29-8-28-13/h2-7,23H,8H2,1H3,(H,21,24,26)/b11-4+. The Kier molecular flexibility index (Phi) is 4.78. The molecular formula is C19H13IN2O7. The highest BCUT2D eigenvalue weighted by Gasteiger charge is 2.37. The van der Waals surface area contributed by atoms with Gasteiger partial charge in [-0.1, -0.05) is 0 Å². The Morgan fingerprint density at radius 3 is 2.69 bits per heavy atom. The Labute approximate surface area is 178 Å². The van der Waals surface area contributed by atoms with Crippen molar-refractivity contribution in [2.45, 2.75) is 0 Å². The summed E-state index contributed by atoms with van der Waals surface area (Å²) in [5.74, 6) is -0.582. The smallest absolute Gasteiger partial charge is 0.335 e. The highest BCUT2D eigenvalue weighted by atomic mass is 127. The molecule has 29 heavy (non-hydrogen) atoms. The minimum absolute atomic E-state index is 0.0455. The van der Waals surface area contributed by atoms with Gasteiger partial charge in [-0.25, -0.2) is 9.69 Å². The molecule has 2 aromatic rings. The molecule has 4 rings (SSSR count). The van der Waals surface area contributed by atoms with E-state index in [9.17, 15) is 19.5 Å². The Hall–Kier alpha value is -3.28. The van der Waals surface area contributed by atoms with Crippen LogP contribution in [0.3, 0.4) is 0 Å². The van der Waals surface area contributed by atoms with E-state index in [0.29, 0.717) is 20.6 Å². The van der Waals surface area contributed by atoms with Gasteiger partial charge < -0.3 is 19.3 Å². The summed E-state index contributed by atoms with van der Waals surface area (Å²) in [6.07, 6.45) is 1.33. The van der Waals surface area contributed by atoms with Crippen LogP contribution in [-0.4, -0.2) is 36.9 Å². The monoisotopic (exact) mass is 508 g/mol. The molecule has 0 bridgehead atoms. The molecule has 10 heteroatoms. The topological polar surface area (TPSA) is 114 Å².